The molecule has 3 aromatic carbocycles. The van der Waals surface area contributed by atoms with Crippen molar-refractivity contribution in [2.24, 2.45) is 5.10 Å². The van der Waals surface area contributed by atoms with Crippen LogP contribution < -0.4 is 10.7 Å². The summed E-state index contributed by atoms with van der Waals surface area (Å²) in [5, 5.41) is 8.28. The van der Waals surface area contributed by atoms with Crippen molar-refractivity contribution < 1.29 is 9.59 Å². The van der Waals surface area contributed by atoms with Crippen LogP contribution in [0.1, 0.15) is 11.1 Å². The van der Waals surface area contributed by atoms with E-state index in [1.54, 1.807) is 6.07 Å². The van der Waals surface area contributed by atoms with Crippen molar-refractivity contribution in [1.82, 2.24) is 5.43 Å². The lowest BCUT2D eigenvalue weighted by Gasteiger charge is -2.07. The third-order valence-corrected chi connectivity index (χ3v) is 3.70. The third-order valence-electron chi connectivity index (χ3n) is 3.70. The van der Waals surface area contributed by atoms with E-state index in [1.165, 1.54) is 6.21 Å². The van der Waals surface area contributed by atoms with Gasteiger partial charge in [0.25, 0.3) is 0 Å². The summed E-state index contributed by atoms with van der Waals surface area (Å²) < 4.78 is 0. The highest BCUT2D eigenvalue weighted by atomic mass is 16.2. The fourth-order valence-corrected chi connectivity index (χ4v) is 2.38. The van der Waals surface area contributed by atoms with E-state index < -0.39 is 11.8 Å². The summed E-state index contributed by atoms with van der Waals surface area (Å²) >= 11 is 0. The number of carbonyl (C=O) groups is 2. The van der Waals surface area contributed by atoms with Gasteiger partial charge < -0.3 is 5.32 Å². The lowest BCUT2D eigenvalue weighted by Crippen LogP contribution is -2.32. The molecule has 0 radical (unpaired) electrons. The minimum absolute atomic E-state index is 0.584. The second-order valence-corrected chi connectivity index (χ2v) is 5.59. The summed E-state index contributed by atoms with van der Waals surface area (Å²) in [6, 6.07) is 20.8. The number of carbonyl (C=O) groups excluding carboxylic acids is 2. The molecular formula is C20H17N3O2. The molecule has 0 aliphatic rings. The van der Waals surface area contributed by atoms with Gasteiger partial charge in [-0.3, -0.25) is 9.59 Å². The Bertz CT molecular complexity index is 941. The number of hydrogen-bond donors (Lipinski definition) is 2. The van der Waals surface area contributed by atoms with Crippen molar-refractivity contribution in [3.05, 3.63) is 77.9 Å². The lowest BCUT2D eigenvalue weighted by atomic mass is 10.1. The van der Waals surface area contributed by atoms with Crippen LogP contribution in [0.2, 0.25) is 0 Å². The van der Waals surface area contributed by atoms with Crippen LogP contribution in [0.5, 0.6) is 0 Å². The van der Waals surface area contributed by atoms with E-state index in [9.17, 15) is 9.59 Å². The number of benzene rings is 3. The first kappa shape index (κ1) is 16.4. The predicted molar refractivity (Wildman–Crippen MR) is 99.5 cm³/mol. The monoisotopic (exact) mass is 331 g/mol. The first-order valence-corrected chi connectivity index (χ1v) is 7.82. The first-order valence-electron chi connectivity index (χ1n) is 7.82. The standard InChI is InChI=1S/C20H17N3O2/c1-14-9-11-15(12-10-14)13-21-23-20(25)19(24)22-18-8-4-6-16-5-2-3-7-17(16)18/h2-13H,1H3,(H,22,24)(H,23,25). The van der Waals surface area contributed by atoms with E-state index in [0.29, 0.717) is 5.69 Å². The van der Waals surface area contributed by atoms with E-state index in [-0.39, 0.29) is 0 Å². The van der Waals surface area contributed by atoms with Gasteiger partial charge in [-0.25, -0.2) is 5.43 Å². The highest BCUT2D eigenvalue weighted by molar-refractivity contribution is 6.40. The molecule has 0 spiro atoms. The fraction of sp³-hybridized carbons (Fsp3) is 0.0500. The van der Waals surface area contributed by atoms with Gasteiger partial charge in [0, 0.05) is 11.1 Å². The summed E-state index contributed by atoms with van der Waals surface area (Å²) in [5.74, 6) is -1.59. The molecule has 0 aromatic heterocycles. The highest BCUT2D eigenvalue weighted by Crippen LogP contribution is 2.22. The van der Waals surface area contributed by atoms with Gasteiger partial charge in [-0.15, -0.1) is 0 Å². The molecule has 0 atom stereocenters. The third kappa shape index (κ3) is 4.09. The van der Waals surface area contributed by atoms with Crippen LogP contribution >= 0.6 is 0 Å². The Morgan fingerprint density at radius 2 is 1.60 bits per heavy atom. The average molecular weight is 331 g/mol. The molecule has 0 saturated carbocycles. The minimum Gasteiger partial charge on any atom is -0.317 e. The van der Waals surface area contributed by atoms with Crippen molar-refractivity contribution in [2.75, 3.05) is 5.32 Å². The quantitative estimate of drug-likeness (QED) is 0.439. The van der Waals surface area contributed by atoms with E-state index in [1.807, 2.05) is 67.6 Å². The zero-order valence-electron chi connectivity index (χ0n) is 13.7. The molecule has 2 amide bonds. The second kappa shape index (κ2) is 7.40. The van der Waals surface area contributed by atoms with Crippen LogP contribution in [0.25, 0.3) is 10.8 Å². The van der Waals surface area contributed by atoms with Crippen LogP contribution in [-0.2, 0) is 9.59 Å². The van der Waals surface area contributed by atoms with Crippen molar-refractivity contribution >= 4 is 34.5 Å². The van der Waals surface area contributed by atoms with Crippen molar-refractivity contribution in [3.8, 4) is 0 Å². The Labute approximate surface area is 145 Å². The highest BCUT2D eigenvalue weighted by Gasteiger charge is 2.14. The van der Waals surface area contributed by atoms with Crippen LogP contribution in [0.4, 0.5) is 5.69 Å². The summed E-state index contributed by atoms with van der Waals surface area (Å²) in [5.41, 5.74) is 4.78. The Morgan fingerprint density at radius 1 is 0.880 bits per heavy atom. The molecule has 0 unspecified atom stereocenters. The molecule has 0 bridgehead atoms. The van der Waals surface area contributed by atoms with E-state index in [4.69, 9.17) is 0 Å². The largest absolute Gasteiger partial charge is 0.329 e. The van der Waals surface area contributed by atoms with Gasteiger partial charge in [-0.2, -0.15) is 5.10 Å². The molecule has 3 aromatic rings. The fourth-order valence-electron chi connectivity index (χ4n) is 2.38. The van der Waals surface area contributed by atoms with Gasteiger partial charge in [0.15, 0.2) is 0 Å². The molecule has 124 valence electrons. The van der Waals surface area contributed by atoms with Crippen molar-refractivity contribution in [1.29, 1.82) is 0 Å². The van der Waals surface area contributed by atoms with Gasteiger partial charge in [0.2, 0.25) is 0 Å². The number of anilines is 1. The molecule has 0 fully saturated rings. The average Bonchev–Trinajstić information content (AvgIpc) is 2.63. The number of hydrazone groups is 1. The molecular weight excluding hydrogens is 314 g/mol. The lowest BCUT2D eigenvalue weighted by molar-refractivity contribution is -0.136. The SMILES string of the molecule is Cc1ccc(C=NNC(=O)C(=O)Nc2cccc3ccccc23)cc1. The molecule has 0 saturated heterocycles. The maximum absolute atomic E-state index is 12.0. The predicted octanol–water partition coefficient (Wildman–Crippen LogP) is 3.24. The summed E-state index contributed by atoms with van der Waals surface area (Å²) in [4.78, 5) is 23.9. The van der Waals surface area contributed by atoms with E-state index >= 15 is 0 Å². The number of fused-ring (bicyclic) bond motifs is 1. The maximum Gasteiger partial charge on any atom is 0.329 e. The first-order chi connectivity index (χ1) is 12.1. The molecule has 25 heavy (non-hydrogen) atoms. The number of nitrogens with one attached hydrogen (secondary N) is 2. The summed E-state index contributed by atoms with van der Waals surface area (Å²) in [7, 11) is 0. The van der Waals surface area contributed by atoms with Crippen molar-refractivity contribution in [2.45, 2.75) is 6.92 Å². The van der Waals surface area contributed by atoms with Gasteiger partial charge in [0.1, 0.15) is 0 Å². The molecule has 5 heteroatoms. The number of rotatable bonds is 3. The maximum atomic E-state index is 12.0. The molecule has 0 aliphatic heterocycles. The summed E-state index contributed by atoms with van der Waals surface area (Å²) in [6.45, 7) is 1.99. The second-order valence-electron chi connectivity index (χ2n) is 5.59. The summed E-state index contributed by atoms with van der Waals surface area (Å²) in [6.07, 6.45) is 1.49. The van der Waals surface area contributed by atoms with Crippen LogP contribution in [0.15, 0.2) is 71.8 Å². The molecule has 0 aliphatic carbocycles. The zero-order chi connectivity index (χ0) is 17.6. The van der Waals surface area contributed by atoms with Gasteiger partial charge in [-0.1, -0.05) is 66.2 Å². The Kier molecular flexibility index (Phi) is 4.85. The topological polar surface area (TPSA) is 70.6 Å². The smallest absolute Gasteiger partial charge is 0.317 e. The Morgan fingerprint density at radius 3 is 2.40 bits per heavy atom. The number of hydrogen-bond acceptors (Lipinski definition) is 3. The molecule has 3 rings (SSSR count). The van der Waals surface area contributed by atoms with Crippen LogP contribution in [0.3, 0.4) is 0 Å². The molecule has 0 heterocycles. The van der Waals surface area contributed by atoms with Crippen molar-refractivity contribution in [3.63, 3.8) is 0 Å². The van der Waals surface area contributed by atoms with E-state index in [0.717, 1.165) is 21.9 Å². The zero-order valence-corrected chi connectivity index (χ0v) is 13.7. The Hall–Kier alpha value is -3.47. The normalized spacial score (nSPS) is 10.8. The van der Waals surface area contributed by atoms with Gasteiger partial charge in [-0.05, 0) is 23.9 Å². The van der Waals surface area contributed by atoms with Gasteiger partial charge in [0.05, 0.1) is 6.21 Å². The van der Waals surface area contributed by atoms with E-state index in [2.05, 4.69) is 15.8 Å². The van der Waals surface area contributed by atoms with Crippen LogP contribution in [0, 0.1) is 6.92 Å². The van der Waals surface area contributed by atoms with Gasteiger partial charge >= 0.3 is 11.8 Å². The molecule has 2 N–H and O–H groups in total. The minimum atomic E-state index is -0.823. The van der Waals surface area contributed by atoms with Crippen LogP contribution in [-0.4, -0.2) is 18.0 Å². The number of nitrogens with zero attached hydrogens (tertiary/aromatic N) is 1. The number of amides is 2. The number of aryl methyl sites for hydroxylation is 1. The molecule has 5 nitrogen and oxygen atoms in total. The Balaban J connectivity index is 1.64.